The first-order valence-corrected chi connectivity index (χ1v) is 7.07. The van der Waals surface area contributed by atoms with E-state index in [0.717, 1.165) is 32.1 Å². The molecular weight excluding hydrogens is 240 g/mol. The number of rotatable bonds is 5. The summed E-state index contributed by atoms with van der Waals surface area (Å²) >= 11 is 0. The van der Waals surface area contributed by atoms with Crippen molar-refractivity contribution in [1.82, 2.24) is 4.98 Å². The van der Waals surface area contributed by atoms with Crippen LogP contribution in [0, 0.1) is 0 Å². The Labute approximate surface area is 114 Å². The Balaban J connectivity index is 2.14. The minimum atomic E-state index is -0.705. The third-order valence-electron chi connectivity index (χ3n) is 3.65. The van der Waals surface area contributed by atoms with Crippen molar-refractivity contribution >= 4 is 5.78 Å². The van der Waals surface area contributed by atoms with Crippen molar-refractivity contribution in [2.75, 3.05) is 6.61 Å². The second kappa shape index (κ2) is 6.15. The monoisotopic (exact) mass is 262 g/mol. The van der Waals surface area contributed by atoms with Crippen LogP contribution in [0.2, 0.25) is 0 Å². The molecule has 1 aliphatic rings. The first kappa shape index (κ1) is 14.0. The second-order valence-corrected chi connectivity index (χ2v) is 5.30. The van der Waals surface area contributed by atoms with E-state index in [9.17, 15) is 4.79 Å². The van der Waals surface area contributed by atoms with Gasteiger partial charge in [0.05, 0.1) is 18.3 Å². The number of ether oxygens (including phenoxy) is 1. The Bertz CT molecular complexity index is 440. The molecule has 0 aliphatic heterocycles. The lowest BCUT2D eigenvalue weighted by atomic mass is 9.77. The molecule has 1 fully saturated rings. The number of pyridine rings is 1. The zero-order chi connectivity index (χ0) is 13.7. The highest BCUT2D eigenvalue weighted by Gasteiger charge is 2.36. The van der Waals surface area contributed by atoms with Crippen molar-refractivity contribution < 1.29 is 9.53 Å². The number of carbonyl (C=O) groups is 1. The van der Waals surface area contributed by atoms with Gasteiger partial charge in [0.25, 0.3) is 0 Å². The van der Waals surface area contributed by atoms with Gasteiger partial charge < -0.3 is 10.5 Å². The van der Waals surface area contributed by atoms with Crippen LogP contribution in [0.4, 0.5) is 0 Å². The Morgan fingerprint density at radius 2 is 2.11 bits per heavy atom. The Morgan fingerprint density at radius 1 is 1.37 bits per heavy atom. The fourth-order valence-electron chi connectivity index (χ4n) is 2.54. The summed E-state index contributed by atoms with van der Waals surface area (Å²) < 4.78 is 5.51. The van der Waals surface area contributed by atoms with Gasteiger partial charge in [0, 0.05) is 11.8 Å². The quantitative estimate of drug-likeness (QED) is 0.829. The van der Waals surface area contributed by atoms with Crippen LogP contribution in [-0.4, -0.2) is 22.9 Å². The van der Waals surface area contributed by atoms with Crippen molar-refractivity contribution in [3.63, 3.8) is 0 Å². The predicted molar refractivity (Wildman–Crippen MR) is 74.4 cm³/mol. The van der Waals surface area contributed by atoms with Gasteiger partial charge >= 0.3 is 0 Å². The van der Waals surface area contributed by atoms with Gasteiger partial charge in [0.2, 0.25) is 0 Å². The third kappa shape index (κ3) is 3.32. The lowest BCUT2D eigenvalue weighted by molar-refractivity contribution is 0.0847. The summed E-state index contributed by atoms with van der Waals surface area (Å²) in [6.07, 6.45) is 8.92. The molecule has 0 saturated heterocycles. The Hall–Kier alpha value is -1.42. The molecule has 0 unspecified atom stereocenters. The molecule has 2 rings (SSSR count). The van der Waals surface area contributed by atoms with E-state index in [1.54, 1.807) is 18.5 Å². The van der Waals surface area contributed by atoms with Gasteiger partial charge in [-0.25, -0.2) is 0 Å². The second-order valence-electron chi connectivity index (χ2n) is 5.30. The summed E-state index contributed by atoms with van der Waals surface area (Å²) in [4.78, 5) is 16.6. The smallest absolute Gasteiger partial charge is 0.184 e. The molecule has 1 aliphatic carbocycles. The summed E-state index contributed by atoms with van der Waals surface area (Å²) in [5.74, 6) is 0.647. The summed E-state index contributed by atoms with van der Waals surface area (Å²) in [5, 5.41) is 0. The fraction of sp³-hybridized carbons (Fsp3) is 0.600. The van der Waals surface area contributed by atoms with E-state index in [-0.39, 0.29) is 5.78 Å². The van der Waals surface area contributed by atoms with Gasteiger partial charge in [-0.2, -0.15) is 0 Å². The van der Waals surface area contributed by atoms with Crippen LogP contribution in [0.15, 0.2) is 18.5 Å². The number of hydrogen-bond acceptors (Lipinski definition) is 4. The summed E-state index contributed by atoms with van der Waals surface area (Å²) in [6, 6.07) is 1.76. The van der Waals surface area contributed by atoms with Crippen molar-refractivity contribution in [3.05, 3.63) is 24.0 Å². The van der Waals surface area contributed by atoms with Crippen molar-refractivity contribution in [2.45, 2.75) is 51.0 Å². The minimum absolute atomic E-state index is 0.00153. The molecule has 0 atom stereocenters. The van der Waals surface area contributed by atoms with E-state index in [1.807, 2.05) is 6.92 Å². The summed E-state index contributed by atoms with van der Waals surface area (Å²) in [7, 11) is 0. The minimum Gasteiger partial charge on any atom is -0.492 e. The summed E-state index contributed by atoms with van der Waals surface area (Å²) in [6.45, 7) is 2.67. The molecule has 1 aromatic heterocycles. The van der Waals surface area contributed by atoms with Gasteiger partial charge in [-0.1, -0.05) is 26.2 Å². The standard InChI is InChI=1S/C15H22N2O2/c1-2-8-19-13-9-12(10-17-11-13)14(18)15(16)6-4-3-5-7-15/h9-11H,2-8,16H2,1H3. The van der Waals surface area contributed by atoms with Crippen molar-refractivity contribution in [2.24, 2.45) is 5.73 Å². The zero-order valence-corrected chi connectivity index (χ0v) is 11.5. The average molecular weight is 262 g/mol. The predicted octanol–water partition coefficient (Wildman–Crippen LogP) is 2.71. The number of carbonyl (C=O) groups excluding carboxylic acids is 1. The van der Waals surface area contributed by atoms with Crippen molar-refractivity contribution in [1.29, 1.82) is 0 Å². The maximum absolute atomic E-state index is 12.5. The Morgan fingerprint density at radius 3 is 2.79 bits per heavy atom. The number of Topliss-reactive ketones (excluding diaryl/α,β-unsaturated/α-hetero) is 1. The molecule has 4 heteroatoms. The fourth-order valence-corrected chi connectivity index (χ4v) is 2.54. The zero-order valence-electron chi connectivity index (χ0n) is 11.5. The highest BCUT2D eigenvalue weighted by Crippen LogP contribution is 2.29. The average Bonchev–Trinajstić information content (AvgIpc) is 2.45. The molecule has 1 saturated carbocycles. The first-order valence-electron chi connectivity index (χ1n) is 7.07. The van der Waals surface area contributed by atoms with Crippen molar-refractivity contribution in [3.8, 4) is 5.75 Å². The maximum Gasteiger partial charge on any atom is 0.184 e. The summed E-state index contributed by atoms with van der Waals surface area (Å²) in [5.41, 5.74) is 6.13. The molecule has 104 valence electrons. The van der Waals surface area contributed by atoms with Crippen LogP contribution in [0.1, 0.15) is 55.8 Å². The van der Waals surface area contributed by atoms with E-state index < -0.39 is 5.54 Å². The largest absolute Gasteiger partial charge is 0.492 e. The van der Waals surface area contributed by atoms with Crippen LogP contribution in [0.5, 0.6) is 5.75 Å². The molecule has 0 spiro atoms. The van der Waals surface area contributed by atoms with E-state index >= 15 is 0 Å². The number of hydrogen-bond donors (Lipinski definition) is 1. The third-order valence-corrected chi connectivity index (χ3v) is 3.65. The molecule has 0 bridgehead atoms. The molecule has 0 amide bonds. The maximum atomic E-state index is 12.5. The molecule has 1 aromatic rings. The lowest BCUT2D eigenvalue weighted by Gasteiger charge is -2.31. The molecule has 2 N–H and O–H groups in total. The van der Waals surface area contributed by atoms with E-state index in [2.05, 4.69) is 4.98 Å². The molecule has 19 heavy (non-hydrogen) atoms. The lowest BCUT2D eigenvalue weighted by Crippen LogP contribution is -2.49. The molecule has 4 nitrogen and oxygen atoms in total. The molecule has 0 radical (unpaired) electrons. The van der Waals surface area contributed by atoms with Gasteiger partial charge in [-0.05, 0) is 25.3 Å². The van der Waals surface area contributed by atoms with Crippen LogP contribution in [0.3, 0.4) is 0 Å². The van der Waals surface area contributed by atoms with Gasteiger partial charge in [-0.3, -0.25) is 9.78 Å². The number of nitrogens with zero attached hydrogens (tertiary/aromatic N) is 1. The van der Waals surface area contributed by atoms with E-state index in [4.69, 9.17) is 10.5 Å². The van der Waals surface area contributed by atoms with Gasteiger partial charge in [0.15, 0.2) is 5.78 Å². The molecular formula is C15H22N2O2. The van der Waals surface area contributed by atoms with Gasteiger partial charge in [-0.15, -0.1) is 0 Å². The normalized spacial score (nSPS) is 18.0. The Kier molecular flexibility index (Phi) is 4.53. The molecule has 1 heterocycles. The topological polar surface area (TPSA) is 65.2 Å². The van der Waals surface area contributed by atoms with Crippen LogP contribution >= 0.6 is 0 Å². The highest BCUT2D eigenvalue weighted by atomic mass is 16.5. The number of ketones is 1. The number of nitrogens with two attached hydrogens (primary N) is 1. The van der Waals surface area contributed by atoms with E-state index in [1.165, 1.54) is 6.42 Å². The van der Waals surface area contributed by atoms with Gasteiger partial charge in [0.1, 0.15) is 5.75 Å². The highest BCUT2D eigenvalue weighted by molar-refractivity contribution is 6.03. The first-order chi connectivity index (χ1) is 9.15. The van der Waals surface area contributed by atoms with E-state index in [0.29, 0.717) is 17.9 Å². The van der Waals surface area contributed by atoms with Crippen LogP contribution < -0.4 is 10.5 Å². The molecule has 0 aromatic carbocycles. The van der Waals surface area contributed by atoms with Crippen LogP contribution in [-0.2, 0) is 0 Å². The SMILES string of the molecule is CCCOc1cncc(C(=O)C2(N)CCCCC2)c1. The number of aromatic nitrogens is 1. The van der Waals surface area contributed by atoms with Crippen LogP contribution in [0.25, 0.3) is 0 Å².